The van der Waals surface area contributed by atoms with Gasteiger partial charge in [-0.25, -0.2) is 0 Å². The van der Waals surface area contributed by atoms with E-state index in [1.165, 1.54) is 16.8 Å². The van der Waals surface area contributed by atoms with E-state index in [4.69, 9.17) is 4.52 Å². The van der Waals surface area contributed by atoms with Gasteiger partial charge in [-0.2, -0.15) is 5.26 Å². The maximum absolute atomic E-state index is 9.21. The molecule has 5 rings (SSSR count). The summed E-state index contributed by atoms with van der Waals surface area (Å²) < 4.78 is 5.44. The number of nitriles is 1. The molecule has 2 fully saturated rings. The topological polar surface area (TPSA) is 65.1 Å². The normalized spacial score (nSPS) is 17.1. The van der Waals surface area contributed by atoms with Gasteiger partial charge in [0.2, 0.25) is 0 Å². The largest absolute Gasteiger partial charge is 0.361 e. The van der Waals surface area contributed by atoms with Gasteiger partial charge in [0.15, 0.2) is 0 Å². The van der Waals surface area contributed by atoms with E-state index in [2.05, 4.69) is 58.7 Å². The molecule has 2 heterocycles. The van der Waals surface area contributed by atoms with Crippen molar-refractivity contribution in [1.82, 2.24) is 10.5 Å². The second-order valence-corrected chi connectivity index (χ2v) is 9.06. The first kappa shape index (κ1) is 19.8. The number of anilines is 1. The first-order valence-electron chi connectivity index (χ1n) is 11.0. The molecule has 31 heavy (non-hydrogen) atoms. The molecule has 1 saturated heterocycles. The number of hydrogen-bond acceptors (Lipinski definition) is 5. The van der Waals surface area contributed by atoms with Crippen LogP contribution in [0.4, 0.5) is 5.69 Å². The van der Waals surface area contributed by atoms with Crippen molar-refractivity contribution in [2.75, 3.05) is 24.5 Å². The molecule has 0 radical (unpaired) electrons. The second-order valence-electron chi connectivity index (χ2n) is 9.06. The van der Waals surface area contributed by atoms with Gasteiger partial charge in [0.25, 0.3) is 0 Å². The lowest BCUT2D eigenvalue weighted by Crippen LogP contribution is -2.51. The first-order valence-corrected chi connectivity index (χ1v) is 11.0. The monoisotopic (exact) mass is 412 g/mol. The van der Waals surface area contributed by atoms with E-state index < -0.39 is 0 Å². The molecule has 0 bridgehead atoms. The molecule has 3 aromatic rings. The molecule has 0 amide bonds. The maximum Gasteiger partial charge on any atom is 0.141 e. The fraction of sp³-hybridized carbons (Fsp3) is 0.385. The lowest BCUT2D eigenvalue weighted by molar-refractivity contribution is 0.336. The van der Waals surface area contributed by atoms with Crippen LogP contribution in [0.1, 0.15) is 41.0 Å². The fourth-order valence-corrected chi connectivity index (χ4v) is 4.88. The Bertz CT molecular complexity index is 1130. The zero-order valence-electron chi connectivity index (χ0n) is 18.4. The van der Waals surface area contributed by atoms with Crippen LogP contribution < -0.4 is 10.2 Å². The molecule has 2 aliphatic rings. The lowest BCUT2D eigenvalue weighted by atomic mass is 9.94. The summed E-state index contributed by atoms with van der Waals surface area (Å²) in [6, 6.07) is 17.1. The Hall–Kier alpha value is -3.10. The van der Waals surface area contributed by atoms with Crippen LogP contribution in [-0.4, -0.2) is 24.8 Å². The third-order valence-corrected chi connectivity index (χ3v) is 6.92. The van der Waals surface area contributed by atoms with Crippen molar-refractivity contribution in [3.8, 4) is 17.2 Å². The smallest absolute Gasteiger partial charge is 0.141 e. The molecule has 1 aliphatic heterocycles. The predicted octanol–water partition coefficient (Wildman–Crippen LogP) is 4.85. The maximum atomic E-state index is 9.21. The summed E-state index contributed by atoms with van der Waals surface area (Å²) in [5, 5.41) is 16.8. The van der Waals surface area contributed by atoms with Gasteiger partial charge in [-0.15, -0.1) is 0 Å². The van der Waals surface area contributed by atoms with Crippen molar-refractivity contribution >= 4 is 5.69 Å². The lowest BCUT2D eigenvalue weighted by Gasteiger charge is -2.41. The van der Waals surface area contributed by atoms with Crippen molar-refractivity contribution in [3.05, 3.63) is 70.6 Å². The van der Waals surface area contributed by atoms with Crippen molar-refractivity contribution in [2.45, 2.75) is 39.2 Å². The fourth-order valence-electron chi connectivity index (χ4n) is 4.88. The highest BCUT2D eigenvalue weighted by molar-refractivity contribution is 5.74. The van der Waals surface area contributed by atoms with E-state index in [1.54, 1.807) is 0 Å². The Morgan fingerprint density at radius 1 is 1.13 bits per heavy atom. The van der Waals surface area contributed by atoms with Crippen LogP contribution >= 0.6 is 0 Å². The SMILES string of the molecule is Cc1ccc(-c2c(C)noc2C)cc1N(CC1CNC1)C1(c2ccc(C#N)cc2)CC1. The van der Waals surface area contributed by atoms with E-state index in [-0.39, 0.29) is 5.54 Å². The highest BCUT2D eigenvalue weighted by Gasteiger charge is 2.50. The van der Waals surface area contributed by atoms with E-state index >= 15 is 0 Å². The minimum Gasteiger partial charge on any atom is -0.361 e. The molecular formula is C26H28N4O. The van der Waals surface area contributed by atoms with Gasteiger partial charge >= 0.3 is 0 Å². The van der Waals surface area contributed by atoms with Gasteiger partial charge in [-0.1, -0.05) is 29.4 Å². The van der Waals surface area contributed by atoms with Gasteiger partial charge in [0, 0.05) is 36.8 Å². The van der Waals surface area contributed by atoms with Crippen molar-refractivity contribution < 1.29 is 4.52 Å². The molecule has 158 valence electrons. The molecule has 0 spiro atoms. The number of hydrogen-bond donors (Lipinski definition) is 1. The van der Waals surface area contributed by atoms with Crippen LogP contribution in [0.25, 0.3) is 11.1 Å². The molecule has 1 aliphatic carbocycles. The van der Waals surface area contributed by atoms with E-state index in [9.17, 15) is 5.26 Å². The van der Waals surface area contributed by atoms with Crippen LogP contribution in [0.5, 0.6) is 0 Å². The summed E-state index contributed by atoms with van der Waals surface area (Å²) in [5.41, 5.74) is 7.76. The van der Waals surface area contributed by atoms with Crippen LogP contribution in [0.15, 0.2) is 47.0 Å². The predicted molar refractivity (Wildman–Crippen MR) is 122 cm³/mol. The average Bonchev–Trinajstić information content (AvgIpc) is 3.48. The van der Waals surface area contributed by atoms with E-state index in [0.717, 1.165) is 55.1 Å². The standard InChI is InChI=1S/C26H28N4O/c1-17-4-7-22(25-18(2)29-31-19(25)3)12-24(17)30(16-21-14-28-15-21)26(10-11-26)23-8-5-20(13-27)6-9-23/h4-9,12,21,28H,10-11,14-16H2,1-3H3. The molecule has 5 heteroatoms. The molecule has 5 nitrogen and oxygen atoms in total. The number of aryl methyl sites for hydroxylation is 3. The Balaban J connectivity index is 1.59. The van der Waals surface area contributed by atoms with Gasteiger partial charge in [0.1, 0.15) is 5.76 Å². The Kier molecular flexibility index (Phi) is 4.83. The first-order chi connectivity index (χ1) is 15.0. The van der Waals surface area contributed by atoms with Crippen LogP contribution in [0, 0.1) is 38.0 Å². The zero-order chi connectivity index (χ0) is 21.6. The summed E-state index contributed by atoms with van der Waals surface area (Å²) in [7, 11) is 0. The summed E-state index contributed by atoms with van der Waals surface area (Å²) in [4.78, 5) is 2.64. The molecule has 0 unspecified atom stereocenters. The van der Waals surface area contributed by atoms with Crippen LogP contribution in [-0.2, 0) is 5.54 Å². The minimum atomic E-state index is 0.00565. The molecule has 1 saturated carbocycles. The Labute approximate surface area is 183 Å². The Morgan fingerprint density at radius 2 is 1.87 bits per heavy atom. The summed E-state index contributed by atoms with van der Waals surface area (Å²) in [5.74, 6) is 1.51. The molecule has 1 aromatic heterocycles. The number of benzene rings is 2. The molecule has 2 aromatic carbocycles. The third kappa shape index (κ3) is 3.41. The van der Waals surface area contributed by atoms with E-state index in [0.29, 0.717) is 11.5 Å². The average molecular weight is 413 g/mol. The van der Waals surface area contributed by atoms with Crippen molar-refractivity contribution in [3.63, 3.8) is 0 Å². The van der Waals surface area contributed by atoms with Gasteiger partial charge in [-0.05, 0) is 68.5 Å². The second kappa shape index (κ2) is 7.55. The third-order valence-electron chi connectivity index (χ3n) is 6.92. The minimum absolute atomic E-state index is 0.00565. The zero-order valence-corrected chi connectivity index (χ0v) is 18.4. The molecular weight excluding hydrogens is 384 g/mol. The number of rotatable bonds is 6. The van der Waals surface area contributed by atoms with Crippen molar-refractivity contribution in [2.24, 2.45) is 5.92 Å². The van der Waals surface area contributed by atoms with Crippen LogP contribution in [0.2, 0.25) is 0 Å². The molecule has 0 atom stereocenters. The quantitative estimate of drug-likeness (QED) is 0.627. The van der Waals surface area contributed by atoms with Gasteiger partial charge < -0.3 is 14.7 Å². The van der Waals surface area contributed by atoms with Gasteiger partial charge in [-0.3, -0.25) is 0 Å². The Morgan fingerprint density at radius 3 is 2.42 bits per heavy atom. The van der Waals surface area contributed by atoms with Gasteiger partial charge in [0.05, 0.1) is 22.9 Å². The summed E-state index contributed by atoms with van der Waals surface area (Å²) in [6.07, 6.45) is 2.27. The summed E-state index contributed by atoms with van der Waals surface area (Å²) >= 11 is 0. The highest BCUT2D eigenvalue weighted by Crippen LogP contribution is 2.54. The number of aromatic nitrogens is 1. The van der Waals surface area contributed by atoms with E-state index in [1.807, 2.05) is 26.0 Å². The highest BCUT2D eigenvalue weighted by atomic mass is 16.5. The number of nitrogens with one attached hydrogen (secondary N) is 1. The number of nitrogens with zero attached hydrogens (tertiary/aromatic N) is 3. The summed E-state index contributed by atoms with van der Waals surface area (Å²) in [6.45, 7) is 9.35. The van der Waals surface area contributed by atoms with Crippen LogP contribution in [0.3, 0.4) is 0 Å². The molecule has 1 N–H and O–H groups in total. The van der Waals surface area contributed by atoms with Crippen molar-refractivity contribution in [1.29, 1.82) is 5.26 Å².